The molecule has 100 valence electrons. The summed E-state index contributed by atoms with van der Waals surface area (Å²) in [4.78, 5) is 16.3. The van der Waals surface area contributed by atoms with E-state index < -0.39 is 5.92 Å². The molecule has 1 unspecified atom stereocenters. The van der Waals surface area contributed by atoms with Crippen molar-refractivity contribution in [2.45, 2.75) is 50.9 Å². The minimum absolute atomic E-state index is 0.0578. The molecule has 0 aromatic carbocycles. The Balaban J connectivity index is 1.99. The van der Waals surface area contributed by atoms with E-state index in [2.05, 4.69) is 11.1 Å². The third-order valence-corrected chi connectivity index (χ3v) is 3.93. The van der Waals surface area contributed by atoms with Crippen LogP contribution in [0.25, 0.3) is 0 Å². The van der Waals surface area contributed by atoms with E-state index in [1.807, 2.05) is 6.07 Å². The van der Waals surface area contributed by atoms with Crippen molar-refractivity contribution in [2.75, 3.05) is 0 Å². The van der Waals surface area contributed by atoms with Gasteiger partial charge in [-0.3, -0.25) is 9.78 Å². The summed E-state index contributed by atoms with van der Waals surface area (Å²) in [7, 11) is 0. The molecule has 1 aliphatic carbocycles. The lowest BCUT2D eigenvalue weighted by atomic mass is 9.87. The van der Waals surface area contributed by atoms with Crippen LogP contribution in [-0.2, 0) is 4.79 Å². The van der Waals surface area contributed by atoms with Gasteiger partial charge in [-0.05, 0) is 17.5 Å². The second-order valence-electron chi connectivity index (χ2n) is 5.38. The first kappa shape index (κ1) is 13.7. The van der Waals surface area contributed by atoms with Gasteiger partial charge < -0.3 is 0 Å². The number of carbonyl (C=O) groups excluding carboxylic acids is 1. The molecule has 0 radical (unpaired) electrons. The van der Waals surface area contributed by atoms with Crippen LogP contribution in [0.2, 0.25) is 0 Å². The van der Waals surface area contributed by atoms with Crippen molar-refractivity contribution in [3.8, 4) is 6.07 Å². The van der Waals surface area contributed by atoms with Crippen molar-refractivity contribution in [3.63, 3.8) is 0 Å². The van der Waals surface area contributed by atoms with Crippen LogP contribution in [0, 0.1) is 17.2 Å². The van der Waals surface area contributed by atoms with Crippen LogP contribution in [0.15, 0.2) is 24.5 Å². The smallest absolute Gasteiger partial charge is 0.154 e. The Morgan fingerprint density at radius 3 is 2.68 bits per heavy atom. The second-order valence-corrected chi connectivity index (χ2v) is 5.38. The first-order valence-electron chi connectivity index (χ1n) is 7.13. The summed E-state index contributed by atoms with van der Waals surface area (Å²) in [5.74, 6) is -0.109. The number of ketones is 1. The lowest BCUT2D eigenvalue weighted by molar-refractivity contribution is -0.120. The zero-order valence-corrected chi connectivity index (χ0v) is 11.2. The molecule has 0 amide bonds. The van der Waals surface area contributed by atoms with Crippen molar-refractivity contribution in [1.82, 2.24) is 4.98 Å². The average Bonchev–Trinajstić information content (AvgIpc) is 2.69. The summed E-state index contributed by atoms with van der Waals surface area (Å²) in [5, 5.41) is 9.24. The van der Waals surface area contributed by atoms with Gasteiger partial charge in [-0.1, -0.05) is 44.6 Å². The van der Waals surface area contributed by atoms with Gasteiger partial charge in [-0.2, -0.15) is 5.26 Å². The van der Waals surface area contributed by atoms with E-state index in [4.69, 9.17) is 0 Å². The zero-order chi connectivity index (χ0) is 13.5. The van der Waals surface area contributed by atoms with Crippen molar-refractivity contribution < 1.29 is 4.79 Å². The van der Waals surface area contributed by atoms with Crippen molar-refractivity contribution in [1.29, 1.82) is 5.26 Å². The molecule has 1 aromatic heterocycles. The van der Waals surface area contributed by atoms with Crippen LogP contribution in [0.5, 0.6) is 0 Å². The molecule has 1 saturated carbocycles. The number of pyridine rings is 1. The normalized spacial score (nSPS) is 18.3. The summed E-state index contributed by atoms with van der Waals surface area (Å²) in [5.41, 5.74) is 0.726. The number of rotatable bonds is 4. The van der Waals surface area contributed by atoms with Crippen LogP contribution >= 0.6 is 0 Å². The largest absolute Gasteiger partial charge is 0.298 e. The zero-order valence-electron chi connectivity index (χ0n) is 11.2. The van der Waals surface area contributed by atoms with Crippen LogP contribution in [0.3, 0.4) is 0 Å². The molecule has 1 aromatic rings. The molecule has 1 fully saturated rings. The number of hydrogen-bond donors (Lipinski definition) is 0. The molecule has 0 aliphatic heterocycles. The van der Waals surface area contributed by atoms with Crippen molar-refractivity contribution in [3.05, 3.63) is 30.1 Å². The van der Waals surface area contributed by atoms with Crippen LogP contribution in [0.4, 0.5) is 0 Å². The molecule has 1 aliphatic rings. The Bertz CT molecular complexity index is 442. The van der Waals surface area contributed by atoms with E-state index in [1.165, 1.54) is 25.7 Å². The van der Waals surface area contributed by atoms with Gasteiger partial charge in [0.15, 0.2) is 5.78 Å². The van der Waals surface area contributed by atoms with Crippen molar-refractivity contribution >= 4 is 5.78 Å². The van der Waals surface area contributed by atoms with E-state index in [0.29, 0.717) is 12.3 Å². The van der Waals surface area contributed by atoms with Gasteiger partial charge in [0.05, 0.1) is 6.07 Å². The average molecular weight is 256 g/mol. The van der Waals surface area contributed by atoms with Crippen LogP contribution in [-0.4, -0.2) is 10.8 Å². The summed E-state index contributed by atoms with van der Waals surface area (Å²) < 4.78 is 0. The Hall–Kier alpha value is -1.69. The number of carbonyl (C=O) groups is 1. The van der Waals surface area contributed by atoms with Gasteiger partial charge in [0.25, 0.3) is 0 Å². The van der Waals surface area contributed by atoms with E-state index in [-0.39, 0.29) is 5.78 Å². The van der Waals surface area contributed by atoms with Crippen LogP contribution in [0.1, 0.15) is 56.4 Å². The van der Waals surface area contributed by atoms with Gasteiger partial charge in [-0.25, -0.2) is 0 Å². The summed E-state index contributed by atoms with van der Waals surface area (Å²) >= 11 is 0. The molecule has 0 N–H and O–H groups in total. The monoisotopic (exact) mass is 256 g/mol. The number of Topliss-reactive ketones (excluding diaryl/α,β-unsaturated/α-hetero) is 1. The highest BCUT2D eigenvalue weighted by molar-refractivity contribution is 5.88. The minimum Gasteiger partial charge on any atom is -0.298 e. The molecule has 2 rings (SSSR count). The summed E-state index contributed by atoms with van der Waals surface area (Å²) in [6, 6.07) is 5.72. The highest BCUT2D eigenvalue weighted by Crippen LogP contribution is 2.28. The fraction of sp³-hybridized carbons (Fsp3) is 0.562. The van der Waals surface area contributed by atoms with Gasteiger partial charge in [0.1, 0.15) is 5.92 Å². The number of aromatic nitrogens is 1. The van der Waals surface area contributed by atoms with E-state index in [1.54, 1.807) is 18.5 Å². The molecule has 0 saturated heterocycles. The van der Waals surface area contributed by atoms with E-state index >= 15 is 0 Å². The fourth-order valence-corrected chi connectivity index (χ4v) is 2.85. The fourth-order valence-electron chi connectivity index (χ4n) is 2.85. The topological polar surface area (TPSA) is 53.8 Å². The lowest BCUT2D eigenvalue weighted by Crippen LogP contribution is -2.15. The summed E-state index contributed by atoms with van der Waals surface area (Å²) in [6.45, 7) is 0. The maximum Gasteiger partial charge on any atom is 0.154 e. The molecule has 1 heterocycles. The van der Waals surface area contributed by atoms with E-state index in [9.17, 15) is 10.1 Å². The molecule has 0 spiro atoms. The number of nitrogens with zero attached hydrogens (tertiary/aromatic N) is 2. The molecule has 3 nitrogen and oxygen atoms in total. The molecule has 0 bridgehead atoms. The minimum atomic E-state index is -0.642. The standard InChI is InChI=1S/C16H20N2O/c17-11-15(14-8-5-9-18-12-14)16(19)10-13-6-3-1-2-4-7-13/h5,8-9,12-13,15H,1-4,6-7,10H2. The predicted octanol–water partition coefficient (Wildman–Crippen LogP) is 3.62. The lowest BCUT2D eigenvalue weighted by Gasteiger charge is -2.15. The number of hydrogen-bond acceptors (Lipinski definition) is 3. The third-order valence-electron chi connectivity index (χ3n) is 3.93. The number of nitriles is 1. The highest BCUT2D eigenvalue weighted by atomic mass is 16.1. The Kier molecular flexibility index (Phi) is 5.09. The van der Waals surface area contributed by atoms with Gasteiger partial charge >= 0.3 is 0 Å². The molecular weight excluding hydrogens is 236 g/mol. The molecule has 1 atom stereocenters. The summed E-state index contributed by atoms with van der Waals surface area (Å²) in [6.07, 6.45) is 11.1. The first-order valence-corrected chi connectivity index (χ1v) is 7.13. The molecular formula is C16H20N2O. The van der Waals surface area contributed by atoms with Crippen molar-refractivity contribution in [2.24, 2.45) is 5.92 Å². The maximum atomic E-state index is 12.3. The predicted molar refractivity (Wildman–Crippen MR) is 73.4 cm³/mol. The van der Waals surface area contributed by atoms with E-state index in [0.717, 1.165) is 18.4 Å². The van der Waals surface area contributed by atoms with Gasteiger partial charge in [0, 0.05) is 18.8 Å². The second kappa shape index (κ2) is 7.04. The SMILES string of the molecule is N#CC(C(=O)CC1CCCCCC1)c1cccnc1. The molecule has 19 heavy (non-hydrogen) atoms. The van der Waals surface area contributed by atoms with Gasteiger partial charge in [-0.15, -0.1) is 0 Å². The quantitative estimate of drug-likeness (QED) is 0.773. The maximum absolute atomic E-state index is 12.3. The van der Waals surface area contributed by atoms with Crippen LogP contribution < -0.4 is 0 Å². The Labute approximate surface area is 114 Å². The highest BCUT2D eigenvalue weighted by Gasteiger charge is 2.24. The Morgan fingerprint density at radius 1 is 1.37 bits per heavy atom. The molecule has 3 heteroatoms. The third kappa shape index (κ3) is 3.89. The Morgan fingerprint density at radius 2 is 2.11 bits per heavy atom. The first-order chi connectivity index (χ1) is 9.31. The van der Waals surface area contributed by atoms with Gasteiger partial charge in [0.2, 0.25) is 0 Å².